The van der Waals surface area contributed by atoms with Crippen LogP contribution in [0.2, 0.25) is 0 Å². The Labute approximate surface area is 130 Å². The van der Waals surface area contributed by atoms with Crippen molar-refractivity contribution in [2.24, 2.45) is 0 Å². The average molecular weight is 377 g/mol. The highest BCUT2D eigenvalue weighted by Crippen LogP contribution is 2.26. The van der Waals surface area contributed by atoms with Gasteiger partial charge >= 0.3 is 0 Å². The molecule has 8 heteroatoms. The number of sulfonamides is 1. The van der Waals surface area contributed by atoms with Crippen LogP contribution in [0.5, 0.6) is 0 Å². The van der Waals surface area contributed by atoms with Crippen molar-refractivity contribution in [1.82, 2.24) is 5.32 Å². The number of halogens is 2. The Morgan fingerprint density at radius 1 is 1.33 bits per heavy atom. The molecule has 0 radical (unpaired) electrons. The molecule has 0 aliphatic rings. The van der Waals surface area contributed by atoms with Gasteiger partial charge in [0.05, 0.1) is 16.7 Å². The standard InChI is InChI=1S/C13H14BrFN2O3S/c1-8-5-10(14)11(15)6-12(8)17-21(18,19)13-4-3-9(20-13)7-16-2/h3-6,16-17H,7H2,1-2H3. The van der Waals surface area contributed by atoms with Gasteiger partial charge in [-0.3, -0.25) is 4.72 Å². The number of hydrogen-bond donors (Lipinski definition) is 2. The van der Waals surface area contributed by atoms with Gasteiger partial charge in [-0.1, -0.05) is 0 Å². The SMILES string of the molecule is CNCc1ccc(S(=O)(=O)Nc2cc(F)c(Br)cc2C)o1. The van der Waals surface area contributed by atoms with Crippen LogP contribution in [0.4, 0.5) is 10.1 Å². The van der Waals surface area contributed by atoms with Crippen molar-refractivity contribution in [2.75, 3.05) is 11.8 Å². The number of benzene rings is 1. The van der Waals surface area contributed by atoms with Gasteiger partial charge in [0, 0.05) is 0 Å². The quantitative estimate of drug-likeness (QED) is 0.841. The Hall–Kier alpha value is -1.38. The van der Waals surface area contributed by atoms with Gasteiger partial charge in [0.1, 0.15) is 11.6 Å². The molecule has 2 N–H and O–H groups in total. The molecule has 1 heterocycles. The van der Waals surface area contributed by atoms with Gasteiger partial charge in [0.25, 0.3) is 10.0 Å². The molecule has 5 nitrogen and oxygen atoms in total. The summed E-state index contributed by atoms with van der Waals surface area (Å²) in [4.78, 5) is 0. The maximum atomic E-state index is 13.5. The van der Waals surface area contributed by atoms with Crippen molar-refractivity contribution < 1.29 is 17.2 Å². The van der Waals surface area contributed by atoms with E-state index in [1.165, 1.54) is 12.1 Å². The Morgan fingerprint density at radius 2 is 2.05 bits per heavy atom. The normalized spacial score (nSPS) is 11.6. The first-order valence-corrected chi connectivity index (χ1v) is 8.33. The largest absolute Gasteiger partial charge is 0.446 e. The van der Waals surface area contributed by atoms with Gasteiger partial charge in [0.15, 0.2) is 0 Å². The Bertz CT molecular complexity index is 759. The number of anilines is 1. The monoisotopic (exact) mass is 376 g/mol. The Morgan fingerprint density at radius 3 is 2.71 bits per heavy atom. The van der Waals surface area contributed by atoms with Crippen molar-refractivity contribution in [1.29, 1.82) is 0 Å². The van der Waals surface area contributed by atoms with Crippen molar-refractivity contribution in [3.05, 3.63) is 45.9 Å². The van der Waals surface area contributed by atoms with Crippen LogP contribution < -0.4 is 10.0 Å². The van der Waals surface area contributed by atoms with Crippen LogP contribution >= 0.6 is 15.9 Å². The van der Waals surface area contributed by atoms with Gasteiger partial charge in [-0.05, 0) is 59.7 Å². The van der Waals surface area contributed by atoms with Gasteiger partial charge in [-0.15, -0.1) is 0 Å². The summed E-state index contributed by atoms with van der Waals surface area (Å²) in [6, 6.07) is 5.55. The fourth-order valence-electron chi connectivity index (χ4n) is 1.72. The summed E-state index contributed by atoms with van der Waals surface area (Å²) >= 11 is 3.05. The zero-order valence-corrected chi connectivity index (χ0v) is 13.8. The van der Waals surface area contributed by atoms with Crippen LogP contribution in [-0.2, 0) is 16.6 Å². The molecule has 0 amide bonds. The molecule has 114 valence electrons. The summed E-state index contributed by atoms with van der Waals surface area (Å²) in [5, 5.41) is 2.64. The third-order valence-corrected chi connectivity index (χ3v) is 4.61. The first-order chi connectivity index (χ1) is 9.83. The molecule has 0 fully saturated rings. The second-order valence-corrected chi connectivity index (χ2v) is 6.91. The number of aryl methyl sites for hydroxylation is 1. The van der Waals surface area contributed by atoms with Crippen LogP contribution in [-0.4, -0.2) is 15.5 Å². The van der Waals surface area contributed by atoms with E-state index < -0.39 is 15.8 Å². The molecule has 0 saturated carbocycles. The van der Waals surface area contributed by atoms with Crippen molar-refractivity contribution in [2.45, 2.75) is 18.6 Å². The summed E-state index contributed by atoms with van der Waals surface area (Å²) in [6.07, 6.45) is 0. The van der Waals surface area contributed by atoms with Crippen molar-refractivity contribution in [3.8, 4) is 0 Å². The van der Waals surface area contributed by atoms with Gasteiger partial charge in [0.2, 0.25) is 5.09 Å². The van der Waals surface area contributed by atoms with Crippen molar-refractivity contribution >= 4 is 31.6 Å². The second-order valence-electron chi connectivity index (χ2n) is 4.44. The van der Waals surface area contributed by atoms with E-state index in [0.29, 0.717) is 17.9 Å². The lowest BCUT2D eigenvalue weighted by atomic mass is 10.2. The maximum absolute atomic E-state index is 13.5. The van der Waals surface area contributed by atoms with Crippen LogP contribution in [0.1, 0.15) is 11.3 Å². The molecule has 0 spiro atoms. The summed E-state index contributed by atoms with van der Waals surface area (Å²) in [5.41, 5.74) is 0.760. The Kier molecular flexibility index (Phi) is 4.70. The minimum absolute atomic E-state index is 0.169. The molecule has 2 aromatic rings. The highest BCUT2D eigenvalue weighted by Gasteiger charge is 2.20. The van der Waals surface area contributed by atoms with E-state index in [9.17, 15) is 12.8 Å². The fraction of sp³-hybridized carbons (Fsp3) is 0.231. The molecule has 0 bridgehead atoms. The van der Waals surface area contributed by atoms with E-state index in [2.05, 4.69) is 26.0 Å². The number of rotatable bonds is 5. The highest BCUT2D eigenvalue weighted by molar-refractivity contribution is 9.10. The summed E-state index contributed by atoms with van der Waals surface area (Å²) in [5.74, 6) is -0.0507. The second kappa shape index (κ2) is 6.17. The van der Waals surface area contributed by atoms with E-state index in [-0.39, 0.29) is 15.3 Å². The van der Waals surface area contributed by atoms with Crippen LogP contribution in [0.3, 0.4) is 0 Å². The van der Waals surface area contributed by atoms with Crippen LogP contribution in [0.25, 0.3) is 0 Å². The average Bonchev–Trinajstić information content (AvgIpc) is 2.86. The smallest absolute Gasteiger partial charge is 0.295 e. The van der Waals surface area contributed by atoms with Crippen LogP contribution in [0.15, 0.2) is 38.2 Å². The van der Waals surface area contributed by atoms with Gasteiger partial charge in [-0.25, -0.2) is 4.39 Å². The molecular formula is C13H14BrFN2O3S. The molecule has 21 heavy (non-hydrogen) atoms. The Balaban J connectivity index is 2.30. The fourth-order valence-corrected chi connectivity index (χ4v) is 3.25. The zero-order valence-electron chi connectivity index (χ0n) is 11.4. The lowest BCUT2D eigenvalue weighted by Gasteiger charge is -2.10. The third-order valence-electron chi connectivity index (χ3n) is 2.76. The summed E-state index contributed by atoms with van der Waals surface area (Å²) in [7, 11) is -2.16. The summed E-state index contributed by atoms with van der Waals surface area (Å²) < 4.78 is 45.8. The van der Waals surface area contributed by atoms with E-state index in [0.717, 1.165) is 6.07 Å². The lowest BCUT2D eigenvalue weighted by molar-refractivity contribution is 0.408. The summed E-state index contributed by atoms with van der Waals surface area (Å²) in [6.45, 7) is 2.10. The number of nitrogens with one attached hydrogen (secondary N) is 2. The molecule has 1 aromatic carbocycles. The van der Waals surface area contributed by atoms with Gasteiger partial charge in [-0.2, -0.15) is 8.42 Å². The van der Waals surface area contributed by atoms with Gasteiger partial charge < -0.3 is 9.73 Å². The number of hydrogen-bond acceptors (Lipinski definition) is 4. The minimum atomic E-state index is -3.89. The molecule has 0 aliphatic heterocycles. The lowest BCUT2D eigenvalue weighted by Crippen LogP contribution is -2.13. The van der Waals surface area contributed by atoms with Crippen LogP contribution in [0, 0.1) is 12.7 Å². The van der Waals surface area contributed by atoms with E-state index in [1.807, 2.05) is 0 Å². The molecular weight excluding hydrogens is 363 g/mol. The molecule has 1 aromatic heterocycles. The molecule has 0 aliphatic carbocycles. The first-order valence-electron chi connectivity index (χ1n) is 6.05. The van der Waals surface area contributed by atoms with E-state index in [4.69, 9.17) is 4.42 Å². The number of furan rings is 1. The predicted octanol–water partition coefficient (Wildman–Crippen LogP) is 3.01. The maximum Gasteiger partial charge on any atom is 0.295 e. The molecule has 0 unspecified atom stereocenters. The molecule has 2 rings (SSSR count). The third kappa shape index (κ3) is 3.63. The predicted molar refractivity (Wildman–Crippen MR) is 81.1 cm³/mol. The van der Waals surface area contributed by atoms with E-state index in [1.54, 1.807) is 20.0 Å². The molecule has 0 atom stereocenters. The molecule has 0 saturated heterocycles. The topological polar surface area (TPSA) is 71.3 Å². The first kappa shape index (κ1) is 16.0. The zero-order chi connectivity index (χ0) is 15.6. The van der Waals surface area contributed by atoms with E-state index >= 15 is 0 Å². The highest BCUT2D eigenvalue weighted by atomic mass is 79.9. The van der Waals surface area contributed by atoms with Crippen molar-refractivity contribution in [3.63, 3.8) is 0 Å². The minimum Gasteiger partial charge on any atom is -0.446 e.